The SMILES string of the molecule is CCCCCN(C)C(=O)CC1COc2ccc(C(=O)N(C)C)cc2N1C. The fourth-order valence-corrected chi connectivity index (χ4v) is 3.08. The summed E-state index contributed by atoms with van der Waals surface area (Å²) in [7, 11) is 7.29. The fraction of sp³-hybridized carbons (Fsp3) is 0.600. The Bertz CT molecular complexity index is 645. The molecule has 1 aromatic carbocycles. The molecule has 2 rings (SSSR count). The number of anilines is 1. The Morgan fingerprint density at radius 1 is 1.23 bits per heavy atom. The fourth-order valence-electron chi connectivity index (χ4n) is 3.08. The molecule has 1 aliphatic heterocycles. The van der Waals surface area contributed by atoms with Crippen LogP contribution in [0.3, 0.4) is 0 Å². The lowest BCUT2D eigenvalue weighted by atomic mass is 10.1. The zero-order chi connectivity index (χ0) is 19.3. The summed E-state index contributed by atoms with van der Waals surface area (Å²) >= 11 is 0. The zero-order valence-corrected chi connectivity index (χ0v) is 16.6. The minimum Gasteiger partial charge on any atom is -0.489 e. The van der Waals surface area contributed by atoms with E-state index in [2.05, 4.69) is 11.8 Å². The van der Waals surface area contributed by atoms with Crippen molar-refractivity contribution in [2.24, 2.45) is 0 Å². The zero-order valence-electron chi connectivity index (χ0n) is 16.6. The summed E-state index contributed by atoms with van der Waals surface area (Å²) in [6.45, 7) is 3.42. The third-order valence-corrected chi connectivity index (χ3v) is 4.90. The molecule has 0 bridgehead atoms. The second-order valence-electron chi connectivity index (χ2n) is 7.18. The topological polar surface area (TPSA) is 53.1 Å². The van der Waals surface area contributed by atoms with Crippen molar-refractivity contribution in [2.45, 2.75) is 38.6 Å². The molecule has 6 heteroatoms. The molecule has 0 saturated heterocycles. The van der Waals surface area contributed by atoms with Gasteiger partial charge in [-0.3, -0.25) is 9.59 Å². The summed E-state index contributed by atoms with van der Waals surface area (Å²) in [6.07, 6.45) is 3.73. The van der Waals surface area contributed by atoms with Crippen molar-refractivity contribution in [2.75, 3.05) is 46.2 Å². The molecule has 0 aliphatic carbocycles. The standard InChI is InChI=1S/C20H31N3O3/c1-6-7-8-11-22(4)19(24)13-16-14-26-18-10-9-15(20(25)21(2)3)12-17(18)23(16)5/h9-10,12,16H,6-8,11,13-14H2,1-5H3. The molecule has 144 valence electrons. The highest BCUT2D eigenvalue weighted by Crippen LogP contribution is 2.34. The van der Waals surface area contributed by atoms with Gasteiger partial charge < -0.3 is 19.4 Å². The van der Waals surface area contributed by atoms with Gasteiger partial charge in [-0.1, -0.05) is 19.8 Å². The predicted molar refractivity (Wildman–Crippen MR) is 104 cm³/mol. The first-order chi connectivity index (χ1) is 12.3. The van der Waals surface area contributed by atoms with E-state index in [0.29, 0.717) is 18.6 Å². The second kappa shape index (κ2) is 8.92. The van der Waals surface area contributed by atoms with Gasteiger partial charge in [0.25, 0.3) is 5.91 Å². The Morgan fingerprint density at radius 2 is 1.96 bits per heavy atom. The molecule has 6 nitrogen and oxygen atoms in total. The van der Waals surface area contributed by atoms with E-state index < -0.39 is 0 Å². The van der Waals surface area contributed by atoms with E-state index in [4.69, 9.17) is 4.74 Å². The Labute approximate surface area is 156 Å². The maximum Gasteiger partial charge on any atom is 0.253 e. The van der Waals surface area contributed by atoms with Crippen LogP contribution in [0, 0.1) is 0 Å². The van der Waals surface area contributed by atoms with E-state index in [9.17, 15) is 9.59 Å². The Hall–Kier alpha value is -2.24. The molecule has 0 saturated carbocycles. The first kappa shape index (κ1) is 20.1. The molecule has 1 unspecified atom stereocenters. The maximum atomic E-state index is 12.5. The highest BCUT2D eigenvalue weighted by atomic mass is 16.5. The highest BCUT2D eigenvalue weighted by molar-refractivity contribution is 5.95. The number of amides is 2. The molecule has 0 fully saturated rings. The van der Waals surface area contributed by atoms with Gasteiger partial charge in [-0.05, 0) is 24.6 Å². The van der Waals surface area contributed by atoms with Crippen molar-refractivity contribution >= 4 is 17.5 Å². The van der Waals surface area contributed by atoms with Crippen LogP contribution in [-0.4, -0.2) is 69.0 Å². The number of rotatable bonds is 7. The van der Waals surface area contributed by atoms with Gasteiger partial charge in [0, 0.05) is 40.3 Å². The van der Waals surface area contributed by atoms with Crippen LogP contribution in [0.2, 0.25) is 0 Å². The van der Waals surface area contributed by atoms with Crippen molar-refractivity contribution in [1.82, 2.24) is 9.80 Å². The van der Waals surface area contributed by atoms with E-state index in [-0.39, 0.29) is 17.9 Å². The van der Waals surface area contributed by atoms with Crippen LogP contribution in [0.15, 0.2) is 18.2 Å². The largest absolute Gasteiger partial charge is 0.489 e. The number of benzene rings is 1. The van der Waals surface area contributed by atoms with Crippen molar-refractivity contribution in [3.63, 3.8) is 0 Å². The van der Waals surface area contributed by atoms with Gasteiger partial charge in [0.2, 0.25) is 5.91 Å². The number of fused-ring (bicyclic) bond motifs is 1. The molecule has 2 amide bonds. The number of carbonyl (C=O) groups excluding carboxylic acids is 2. The number of unbranched alkanes of at least 4 members (excludes halogenated alkanes) is 2. The Kier molecular flexibility index (Phi) is 6.89. The van der Waals surface area contributed by atoms with E-state index in [1.807, 2.05) is 31.1 Å². The van der Waals surface area contributed by atoms with Crippen LogP contribution >= 0.6 is 0 Å². The van der Waals surface area contributed by atoms with Crippen LogP contribution in [0.5, 0.6) is 5.75 Å². The van der Waals surface area contributed by atoms with E-state index >= 15 is 0 Å². The van der Waals surface area contributed by atoms with Crippen molar-refractivity contribution in [1.29, 1.82) is 0 Å². The summed E-state index contributed by atoms with van der Waals surface area (Å²) in [5, 5.41) is 0. The quantitative estimate of drug-likeness (QED) is 0.701. The first-order valence-corrected chi connectivity index (χ1v) is 9.30. The molecule has 1 aliphatic rings. The summed E-state index contributed by atoms with van der Waals surface area (Å²) < 4.78 is 5.84. The number of hydrogen-bond acceptors (Lipinski definition) is 4. The Balaban J connectivity index is 2.06. The van der Waals surface area contributed by atoms with E-state index in [1.54, 1.807) is 25.1 Å². The van der Waals surface area contributed by atoms with Gasteiger partial charge in [0.05, 0.1) is 18.2 Å². The van der Waals surface area contributed by atoms with Gasteiger partial charge in [0.15, 0.2) is 0 Å². The number of nitrogens with zero attached hydrogens (tertiary/aromatic N) is 3. The maximum absolute atomic E-state index is 12.5. The molecule has 0 radical (unpaired) electrons. The van der Waals surface area contributed by atoms with Crippen LogP contribution in [0.1, 0.15) is 43.0 Å². The van der Waals surface area contributed by atoms with E-state index in [0.717, 1.165) is 37.2 Å². The van der Waals surface area contributed by atoms with E-state index in [1.165, 1.54) is 0 Å². The molecule has 0 spiro atoms. The minimum atomic E-state index is -0.0462. The lowest BCUT2D eigenvalue weighted by molar-refractivity contribution is -0.130. The molecular formula is C20H31N3O3. The monoisotopic (exact) mass is 361 g/mol. The highest BCUT2D eigenvalue weighted by Gasteiger charge is 2.28. The molecule has 26 heavy (non-hydrogen) atoms. The second-order valence-corrected chi connectivity index (χ2v) is 7.18. The Morgan fingerprint density at radius 3 is 2.62 bits per heavy atom. The lowest BCUT2D eigenvalue weighted by Gasteiger charge is -2.36. The normalized spacial score (nSPS) is 15.9. The van der Waals surface area contributed by atoms with Crippen LogP contribution in [0.4, 0.5) is 5.69 Å². The molecule has 1 atom stereocenters. The summed E-state index contributed by atoms with van der Waals surface area (Å²) in [6, 6.07) is 5.42. The van der Waals surface area contributed by atoms with Crippen LogP contribution in [-0.2, 0) is 4.79 Å². The van der Waals surface area contributed by atoms with Crippen molar-refractivity contribution in [3.05, 3.63) is 23.8 Å². The smallest absolute Gasteiger partial charge is 0.253 e. The average Bonchev–Trinajstić information content (AvgIpc) is 2.63. The van der Waals surface area contributed by atoms with Crippen LogP contribution < -0.4 is 9.64 Å². The van der Waals surface area contributed by atoms with Gasteiger partial charge in [-0.15, -0.1) is 0 Å². The van der Waals surface area contributed by atoms with Crippen molar-refractivity contribution in [3.8, 4) is 5.75 Å². The van der Waals surface area contributed by atoms with Gasteiger partial charge in [-0.25, -0.2) is 0 Å². The molecule has 0 aromatic heterocycles. The number of hydrogen-bond donors (Lipinski definition) is 0. The average molecular weight is 361 g/mol. The number of carbonyl (C=O) groups is 2. The molecule has 1 heterocycles. The number of ether oxygens (including phenoxy) is 1. The molecular weight excluding hydrogens is 330 g/mol. The summed E-state index contributed by atoms with van der Waals surface area (Å²) in [5.41, 5.74) is 1.48. The van der Waals surface area contributed by atoms with Crippen LogP contribution in [0.25, 0.3) is 0 Å². The minimum absolute atomic E-state index is 0.0340. The van der Waals surface area contributed by atoms with Gasteiger partial charge >= 0.3 is 0 Å². The lowest BCUT2D eigenvalue weighted by Crippen LogP contribution is -2.44. The first-order valence-electron chi connectivity index (χ1n) is 9.30. The molecule has 1 aromatic rings. The summed E-state index contributed by atoms with van der Waals surface area (Å²) in [4.78, 5) is 30.1. The van der Waals surface area contributed by atoms with Gasteiger partial charge in [0.1, 0.15) is 12.4 Å². The van der Waals surface area contributed by atoms with Gasteiger partial charge in [-0.2, -0.15) is 0 Å². The number of likely N-dealkylation sites (N-methyl/N-ethyl adjacent to an activating group) is 1. The third-order valence-electron chi connectivity index (χ3n) is 4.90. The predicted octanol–water partition coefficient (Wildman–Crippen LogP) is 2.62. The third kappa shape index (κ3) is 4.68. The van der Waals surface area contributed by atoms with Crippen molar-refractivity contribution < 1.29 is 14.3 Å². The summed E-state index contributed by atoms with van der Waals surface area (Å²) in [5.74, 6) is 0.836. The molecule has 0 N–H and O–H groups in total.